The van der Waals surface area contributed by atoms with Gasteiger partial charge in [0.25, 0.3) is 0 Å². The maximum absolute atomic E-state index is 12.4. The Morgan fingerprint density at radius 3 is 2.63 bits per heavy atom. The Kier molecular flexibility index (Phi) is 4.45. The van der Waals surface area contributed by atoms with Crippen LogP contribution in [0.2, 0.25) is 0 Å². The second kappa shape index (κ2) is 5.90. The van der Waals surface area contributed by atoms with E-state index >= 15 is 0 Å². The fourth-order valence-corrected chi connectivity index (χ4v) is 2.63. The summed E-state index contributed by atoms with van der Waals surface area (Å²) >= 11 is 0. The molecule has 0 aromatic rings. The van der Waals surface area contributed by atoms with Gasteiger partial charge in [0.05, 0.1) is 13.2 Å². The van der Waals surface area contributed by atoms with Crippen LogP contribution >= 0.6 is 0 Å². The van der Waals surface area contributed by atoms with E-state index in [1.807, 2.05) is 0 Å². The van der Waals surface area contributed by atoms with E-state index in [0.717, 1.165) is 19.3 Å². The smallest absolute Gasteiger partial charge is 0.328 e. The van der Waals surface area contributed by atoms with Crippen LogP contribution in [-0.4, -0.2) is 48.6 Å². The van der Waals surface area contributed by atoms with Crippen molar-refractivity contribution in [1.82, 2.24) is 10.2 Å². The number of amides is 1. The van der Waals surface area contributed by atoms with Crippen LogP contribution in [0.15, 0.2) is 0 Å². The maximum atomic E-state index is 12.4. The van der Waals surface area contributed by atoms with Crippen molar-refractivity contribution in [2.75, 3.05) is 13.7 Å². The monoisotopic (exact) mass is 268 g/mol. The molecule has 0 spiro atoms. The van der Waals surface area contributed by atoms with Crippen LogP contribution < -0.4 is 5.32 Å². The van der Waals surface area contributed by atoms with Crippen molar-refractivity contribution in [3.63, 3.8) is 0 Å². The van der Waals surface area contributed by atoms with E-state index in [-0.39, 0.29) is 17.9 Å². The van der Waals surface area contributed by atoms with Gasteiger partial charge in [0.1, 0.15) is 6.04 Å². The van der Waals surface area contributed by atoms with E-state index in [4.69, 9.17) is 4.74 Å². The van der Waals surface area contributed by atoms with Gasteiger partial charge in [-0.25, -0.2) is 4.79 Å². The number of likely N-dealkylation sites (tertiary alicyclic amines) is 1. The Balaban J connectivity index is 2.00. The topological polar surface area (TPSA) is 58.6 Å². The third-order valence-corrected chi connectivity index (χ3v) is 3.80. The lowest BCUT2D eigenvalue weighted by Crippen LogP contribution is -2.47. The van der Waals surface area contributed by atoms with Crippen LogP contribution in [0.25, 0.3) is 0 Å². The lowest BCUT2D eigenvalue weighted by molar-refractivity contribution is -0.152. The SMILES string of the molecule is COC(=O)C(CC(C)C)N1CCC(NC2CC2)C1=O. The molecule has 0 aromatic heterocycles. The van der Waals surface area contributed by atoms with Crippen LogP contribution in [0.5, 0.6) is 0 Å². The summed E-state index contributed by atoms with van der Waals surface area (Å²) < 4.78 is 4.85. The van der Waals surface area contributed by atoms with Crippen LogP contribution in [0.3, 0.4) is 0 Å². The maximum Gasteiger partial charge on any atom is 0.328 e. The first-order chi connectivity index (χ1) is 9.02. The van der Waals surface area contributed by atoms with E-state index in [1.54, 1.807) is 4.90 Å². The first-order valence-corrected chi connectivity index (χ1v) is 7.17. The van der Waals surface area contributed by atoms with Crippen LogP contribution in [0.4, 0.5) is 0 Å². The molecular weight excluding hydrogens is 244 g/mol. The number of nitrogens with one attached hydrogen (secondary N) is 1. The number of nitrogens with zero attached hydrogens (tertiary/aromatic N) is 1. The molecule has 19 heavy (non-hydrogen) atoms. The summed E-state index contributed by atoms with van der Waals surface area (Å²) in [6.07, 6.45) is 3.78. The van der Waals surface area contributed by atoms with E-state index in [9.17, 15) is 9.59 Å². The van der Waals surface area contributed by atoms with E-state index in [0.29, 0.717) is 24.9 Å². The Labute approximate surface area is 114 Å². The summed E-state index contributed by atoms with van der Waals surface area (Å²) in [4.78, 5) is 26.0. The minimum absolute atomic E-state index is 0.0583. The number of esters is 1. The summed E-state index contributed by atoms with van der Waals surface area (Å²) in [5.41, 5.74) is 0. The van der Waals surface area contributed by atoms with E-state index in [2.05, 4.69) is 19.2 Å². The summed E-state index contributed by atoms with van der Waals surface area (Å²) in [5, 5.41) is 3.35. The number of hydrogen-bond donors (Lipinski definition) is 1. The molecular formula is C14H24N2O3. The van der Waals surface area contributed by atoms with Crippen molar-refractivity contribution in [2.45, 2.75) is 57.7 Å². The van der Waals surface area contributed by atoms with Crippen LogP contribution in [-0.2, 0) is 14.3 Å². The molecule has 1 saturated carbocycles. The molecule has 0 bridgehead atoms. The van der Waals surface area contributed by atoms with Gasteiger partial charge < -0.3 is 15.0 Å². The summed E-state index contributed by atoms with van der Waals surface area (Å²) in [5.74, 6) is 0.115. The number of methoxy groups -OCH3 is 1. The fraction of sp³-hybridized carbons (Fsp3) is 0.857. The molecule has 2 aliphatic rings. The molecule has 2 rings (SSSR count). The number of hydrogen-bond acceptors (Lipinski definition) is 4. The number of carbonyl (C=O) groups is 2. The molecule has 1 aliphatic carbocycles. The molecule has 2 unspecified atom stereocenters. The zero-order valence-corrected chi connectivity index (χ0v) is 12.0. The van der Waals surface area contributed by atoms with Gasteiger partial charge in [0.15, 0.2) is 0 Å². The second-order valence-electron chi connectivity index (χ2n) is 5.98. The Bertz CT molecular complexity index is 353. The fourth-order valence-electron chi connectivity index (χ4n) is 2.63. The Morgan fingerprint density at radius 2 is 2.11 bits per heavy atom. The van der Waals surface area contributed by atoms with Crippen LogP contribution in [0.1, 0.15) is 39.5 Å². The molecule has 1 heterocycles. The van der Waals surface area contributed by atoms with Crippen molar-refractivity contribution in [3.8, 4) is 0 Å². The van der Waals surface area contributed by atoms with Crippen molar-refractivity contribution < 1.29 is 14.3 Å². The minimum Gasteiger partial charge on any atom is -0.467 e. The van der Waals surface area contributed by atoms with E-state index < -0.39 is 6.04 Å². The Hall–Kier alpha value is -1.10. The summed E-state index contributed by atoms with van der Waals surface area (Å²) in [7, 11) is 1.39. The van der Waals surface area contributed by atoms with Gasteiger partial charge in [-0.3, -0.25) is 4.79 Å². The van der Waals surface area contributed by atoms with Crippen molar-refractivity contribution in [2.24, 2.45) is 5.92 Å². The first kappa shape index (κ1) is 14.3. The Morgan fingerprint density at radius 1 is 1.42 bits per heavy atom. The first-order valence-electron chi connectivity index (χ1n) is 7.17. The van der Waals surface area contributed by atoms with Gasteiger partial charge >= 0.3 is 5.97 Å². The molecule has 0 radical (unpaired) electrons. The molecule has 1 saturated heterocycles. The molecule has 1 N–H and O–H groups in total. The molecule has 5 nitrogen and oxygen atoms in total. The molecule has 5 heteroatoms. The average Bonchev–Trinajstić information content (AvgIpc) is 3.11. The molecule has 2 fully saturated rings. The highest BCUT2D eigenvalue weighted by Gasteiger charge is 2.41. The zero-order chi connectivity index (χ0) is 14.0. The molecule has 108 valence electrons. The van der Waals surface area contributed by atoms with Gasteiger partial charge in [-0.05, 0) is 31.6 Å². The predicted molar refractivity (Wildman–Crippen MR) is 71.5 cm³/mol. The standard InChI is InChI=1S/C14H24N2O3/c1-9(2)8-12(14(18)19-3)16-7-6-11(13(16)17)15-10-4-5-10/h9-12,15H,4-8H2,1-3H3. The largest absolute Gasteiger partial charge is 0.467 e. The quantitative estimate of drug-likeness (QED) is 0.728. The van der Waals surface area contributed by atoms with Gasteiger partial charge in [-0.2, -0.15) is 0 Å². The third-order valence-electron chi connectivity index (χ3n) is 3.80. The zero-order valence-electron chi connectivity index (χ0n) is 12.0. The van der Waals surface area contributed by atoms with Gasteiger partial charge in [-0.15, -0.1) is 0 Å². The second-order valence-corrected chi connectivity index (χ2v) is 5.98. The highest BCUT2D eigenvalue weighted by Crippen LogP contribution is 2.25. The normalized spacial score (nSPS) is 24.9. The number of ether oxygens (including phenoxy) is 1. The summed E-state index contributed by atoms with van der Waals surface area (Å²) in [6.45, 7) is 4.75. The number of carbonyl (C=O) groups excluding carboxylic acids is 2. The summed E-state index contributed by atoms with van der Waals surface area (Å²) in [6, 6.07) is -0.0223. The van der Waals surface area contributed by atoms with Crippen molar-refractivity contribution >= 4 is 11.9 Å². The molecule has 0 aromatic carbocycles. The van der Waals surface area contributed by atoms with Crippen LogP contribution in [0, 0.1) is 5.92 Å². The van der Waals surface area contributed by atoms with Gasteiger partial charge in [0.2, 0.25) is 5.91 Å². The lowest BCUT2D eigenvalue weighted by atomic mass is 10.0. The van der Waals surface area contributed by atoms with Crippen molar-refractivity contribution in [3.05, 3.63) is 0 Å². The van der Waals surface area contributed by atoms with Gasteiger partial charge in [-0.1, -0.05) is 13.8 Å². The van der Waals surface area contributed by atoms with E-state index in [1.165, 1.54) is 7.11 Å². The highest BCUT2D eigenvalue weighted by molar-refractivity contribution is 5.89. The minimum atomic E-state index is -0.427. The van der Waals surface area contributed by atoms with Gasteiger partial charge in [0, 0.05) is 12.6 Å². The average molecular weight is 268 g/mol. The molecule has 1 aliphatic heterocycles. The third kappa shape index (κ3) is 3.47. The van der Waals surface area contributed by atoms with Crippen molar-refractivity contribution in [1.29, 1.82) is 0 Å². The predicted octanol–water partition coefficient (Wildman–Crippen LogP) is 0.927. The number of rotatable bonds is 6. The highest BCUT2D eigenvalue weighted by atomic mass is 16.5. The molecule has 1 amide bonds. The lowest BCUT2D eigenvalue weighted by Gasteiger charge is -2.27. The molecule has 2 atom stereocenters.